The van der Waals surface area contributed by atoms with E-state index in [9.17, 15) is 0 Å². The molecule has 0 radical (unpaired) electrons. The highest BCUT2D eigenvalue weighted by atomic mass is 16.5. The molecule has 2 heteroatoms. The minimum Gasteiger partial charge on any atom is -0.380 e. The highest BCUT2D eigenvalue weighted by molar-refractivity contribution is 5.19. The Bertz CT molecular complexity index is 323. The van der Waals surface area contributed by atoms with Crippen LogP contribution in [0.5, 0.6) is 0 Å². The molecule has 1 aromatic rings. The fourth-order valence-electron chi connectivity index (χ4n) is 2.26. The summed E-state index contributed by atoms with van der Waals surface area (Å²) in [6.45, 7) is 10.4. The smallest absolute Gasteiger partial charge is 0.0622 e. The summed E-state index contributed by atoms with van der Waals surface area (Å²) < 4.78 is 5.61. The molecule has 19 heavy (non-hydrogen) atoms. The SMILES string of the molecule is CCCC(NC(COCC)C(C)C)c1ccccc1. The Morgan fingerprint density at radius 3 is 2.32 bits per heavy atom. The Labute approximate surface area is 118 Å². The third-order valence-electron chi connectivity index (χ3n) is 3.50. The van der Waals surface area contributed by atoms with E-state index in [4.69, 9.17) is 4.74 Å². The highest BCUT2D eigenvalue weighted by Gasteiger charge is 2.19. The highest BCUT2D eigenvalue weighted by Crippen LogP contribution is 2.20. The molecule has 0 aliphatic rings. The normalized spacial score (nSPS) is 14.6. The minimum atomic E-state index is 0.414. The minimum absolute atomic E-state index is 0.414. The van der Waals surface area contributed by atoms with E-state index >= 15 is 0 Å². The fraction of sp³-hybridized carbons (Fsp3) is 0.647. The molecular formula is C17H29NO. The third-order valence-corrected chi connectivity index (χ3v) is 3.50. The molecule has 0 saturated carbocycles. The molecule has 0 bridgehead atoms. The molecule has 0 aromatic heterocycles. The average Bonchev–Trinajstić information content (AvgIpc) is 2.43. The lowest BCUT2D eigenvalue weighted by atomic mass is 9.98. The van der Waals surface area contributed by atoms with E-state index in [0.717, 1.165) is 13.2 Å². The van der Waals surface area contributed by atoms with E-state index in [-0.39, 0.29) is 0 Å². The lowest BCUT2D eigenvalue weighted by Gasteiger charge is -2.28. The molecular weight excluding hydrogens is 234 g/mol. The molecule has 1 N–H and O–H groups in total. The Morgan fingerprint density at radius 2 is 1.79 bits per heavy atom. The first kappa shape index (κ1) is 16.2. The van der Waals surface area contributed by atoms with Gasteiger partial charge in [-0.1, -0.05) is 57.5 Å². The van der Waals surface area contributed by atoms with Gasteiger partial charge >= 0.3 is 0 Å². The summed E-state index contributed by atoms with van der Waals surface area (Å²) in [4.78, 5) is 0. The van der Waals surface area contributed by atoms with Gasteiger partial charge in [0.2, 0.25) is 0 Å². The zero-order valence-electron chi connectivity index (χ0n) is 12.9. The van der Waals surface area contributed by atoms with Gasteiger partial charge in [0.15, 0.2) is 0 Å². The maximum Gasteiger partial charge on any atom is 0.0622 e. The van der Waals surface area contributed by atoms with E-state index in [1.54, 1.807) is 0 Å². The topological polar surface area (TPSA) is 21.3 Å². The predicted molar refractivity (Wildman–Crippen MR) is 82.3 cm³/mol. The van der Waals surface area contributed by atoms with Gasteiger partial charge in [0, 0.05) is 18.7 Å². The van der Waals surface area contributed by atoms with Gasteiger partial charge in [0.1, 0.15) is 0 Å². The van der Waals surface area contributed by atoms with Crippen LogP contribution in [-0.4, -0.2) is 19.3 Å². The van der Waals surface area contributed by atoms with Crippen LogP contribution in [0.2, 0.25) is 0 Å². The maximum absolute atomic E-state index is 5.61. The first-order chi connectivity index (χ1) is 9.19. The van der Waals surface area contributed by atoms with E-state index in [2.05, 4.69) is 63.3 Å². The van der Waals surface area contributed by atoms with Crippen molar-refractivity contribution < 1.29 is 4.74 Å². The molecule has 108 valence electrons. The van der Waals surface area contributed by atoms with Gasteiger partial charge in [-0.2, -0.15) is 0 Å². The second-order valence-electron chi connectivity index (χ2n) is 5.43. The number of benzene rings is 1. The van der Waals surface area contributed by atoms with Crippen LogP contribution >= 0.6 is 0 Å². The van der Waals surface area contributed by atoms with Crippen molar-refractivity contribution in [3.05, 3.63) is 35.9 Å². The summed E-state index contributed by atoms with van der Waals surface area (Å²) >= 11 is 0. The second-order valence-corrected chi connectivity index (χ2v) is 5.43. The van der Waals surface area contributed by atoms with E-state index in [0.29, 0.717) is 18.0 Å². The first-order valence-electron chi connectivity index (χ1n) is 7.57. The molecule has 0 heterocycles. The number of hydrogen-bond acceptors (Lipinski definition) is 2. The zero-order chi connectivity index (χ0) is 14.1. The molecule has 2 nitrogen and oxygen atoms in total. The van der Waals surface area contributed by atoms with Crippen molar-refractivity contribution in [2.75, 3.05) is 13.2 Å². The number of ether oxygens (including phenoxy) is 1. The van der Waals surface area contributed by atoms with Crippen LogP contribution in [0.4, 0.5) is 0 Å². The molecule has 2 unspecified atom stereocenters. The maximum atomic E-state index is 5.61. The Hall–Kier alpha value is -0.860. The largest absolute Gasteiger partial charge is 0.380 e. The fourth-order valence-corrected chi connectivity index (χ4v) is 2.26. The molecule has 0 spiro atoms. The van der Waals surface area contributed by atoms with Crippen LogP contribution in [0, 0.1) is 5.92 Å². The summed E-state index contributed by atoms with van der Waals surface area (Å²) in [5.41, 5.74) is 1.38. The second kappa shape index (κ2) is 9.11. The van der Waals surface area contributed by atoms with Gasteiger partial charge in [-0.05, 0) is 24.8 Å². The predicted octanol–water partition coefficient (Wildman–Crippen LogP) is 4.18. The Kier molecular flexibility index (Phi) is 7.76. The van der Waals surface area contributed by atoms with Crippen molar-refractivity contribution >= 4 is 0 Å². The summed E-state index contributed by atoms with van der Waals surface area (Å²) in [6, 6.07) is 11.6. The van der Waals surface area contributed by atoms with E-state index < -0.39 is 0 Å². The van der Waals surface area contributed by atoms with Crippen LogP contribution in [0.1, 0.15) is 52.1 Å². The van der Waals surface area contributed by atoms with Crippen LogP contribution in [-0.2, 0) is 4.74 Å². The summed E-state index contributed by atoms with van der Waals surface area (Å²) in [7, 11) is 0. The van der Waals surface area contributed by atoms with Crippen molar-refractivity contribution in [3.8, 4) is 0 Å². The number of nitrogens with one attached hydrogen (secondary N) is 1. The van der Waals surface area contributed by atoms with Gasteiger partial charge in [-0.15, -0.1) is 0 Å². The van der Waals surface area contributed by atoms with Gasteiger partial charge in [0.25, 0.3) is 0 Å². The van der Waals surface area contributed by atoms with Gasteiger partial charge in [0.05, 0.1) is 6.61 Å². The molecule has 0 fully saturated rings. The monoisotopic (exact) mass is 263 g/mol. The Balaban J connectivity index is 2.70. The van der Waals surface area contributed by atoms with Gasteiger partial charge < -0.3 is 10.1 Å². The molecule has 2 atom stereocenters. The lowest BCUT2D eigenvalue weighted by molar-refractivity contribution is 0.102. The molecule has 0 aliphatic carbocycles. The van der Waals surface area contributed by atoms with Crippen LogP contribution in [0.25, 0.3) is 0 Å². The van der Waals surface area contributed by atoms with Gasteiger partial charge in [-0.25, -0.2) is 0 Å². The van der Waals surface area contributed by atoms with Crippen molar-refractivity contribution in [2.24, 2.45) is 5.92 Å². The standard InChI is InChI=1S/C17H29NO/c1-5-10-16(15-11-8-7-9-12-15)18-17(14(3)4)13-19-6-2/h7-9,11-12,14,16-18H,5-6,10,13H2,1-4H3. The van der Waals surface area contributed by atoms with Gasteiger partial charge in [-0.3, -0.25) is 0 Å². The van der Waals surface area contributed by atoms with Crippen molar-refractivity contribution in [1.82, 2.24) is 5.32 Å². The average molecular weight is 263 g/mol. The Morgan fingerprint density at radius 1 is 1.11 bits per heavy atom. The number of rotatable bonds is 9. The summed E-state index contributed by atoms with van der Waals surface area (Å²) in [5, 5.41) is 3.78. The number of hydrogen-bond donors (Lipinski definition) is 1. The summed E-state index contributed by atoms with van der Waals surface area (Å²) in [5.74, 6) is 0.578. The summed E-state index contributed by atoms with van der Waals surface area (Å²) in [6.07, 6.45) is 2.35. The molecule has 0 saturated heterocycles. The molecule has 1 rings (SSSR count). The lowest BCUT2D eigenvalue weighted by Crippen LogP contribution is -2.40. The van der Waals surface area contributed by atoms with Crippen molar-refractivity contribution in [1.29, 1.82) is 0 Å². The van der Waals surface area contributed by atoms with Crippen molar-refractivity contribution in [2.45, 2.75) is 52.6 Å². The van der Waals surface area contributed by atoms with Crippen molar-refractivity contribution in [3.63, 3.8) is 0 Å². The van der Waals surface area contributed by atoms with E-state index in [1.165, 1.54) is 18.4 Å². The molecule has 0 amide bonds. The van der Waals surface area contributed by atoms with Crippen LogP contribution < -0.4 is 5.32 Å². The van der Waals surface area contributed by atoms with Crippen LogP contribution in [0.15, 0.2) is 30.3 Å². The zero-order valence-corrected chi connectivity index (χ0v) is 12.9. The van der Waals surface area contributed by atoms with E-state index in [1.807, 2.05) is 0 Å². The quantitative estimate of drug-likeness (QED) is 0.721. The van der Waals surface area contributed by atoms with Crippen LogP contribution in [0.3, 0.4) is 0 Å². The third kappa shape index (κ3) is 5.75. The molecule has 1 aromatic carbocycles. The first-order valence-corrected chi connectivity index (χ1v) is 7.57. The molecule has 0 aliphatic heterocycles.